The monoisotopic (exact) mass is 334 g/mol. The fourth-order valence-corrected chi connectivity index (χ4v) is 1.57. The predicted molar refractivity (Wildman–Crippen MR) is 80.7 cm³/mol. The average Bonchev–Trinajstić information content (AvgIpc) is 2.39. The van der Waals surface area contributed by atoms with Gasteiger partial charge in [0, 0.05) is 13.1 Å². The lowest BCUT2D eigenvalue weighted by Gasteiger charge is -2.20. The summed E-state index contributed by atoms with van der Waals surface area (Å²) in [7, 11) is 0. The maximum Gasteiger partial charge on any atom is 0.422 e. The SMILES string of the molecule is CC(C)(C)OC(=O)NCCNc1ccccc1OCC(F)(F)F. The van der Waals surface area contributed by atoms with E-state index in [1.807, 2.05) is 0 Å². The van der Waals surface area contributed by atoms with Gasteiger partial charge in [-0.1, -0.05) is 12.1 Å². The van der Waals surface area contributed by atoms with Gasteiger partial charge in [-0.2, -0.15) is 13.2 Å². The van der Waals surface area contributed by atoms with E-state index in [4.69, 9.17) is 9.47 Å². The van der Waals surface area contributed by atoms with E-state index in [0.717, 1.165) is 0 Å². The second-order valence-corrected chi connectivity index (χ2v) is 5.76. The number of anilines is 1. The van der Waals surface area contributed by atoms with E-state index in [-0.39, 0.29) is 12.3 Å². The molecule has 0 radical (unpaired) electrons. The van der Waals surface area contributed by atoms with Crippen molar-refractivity contribution in [1.82, 2.24) is 5.32 Å². The minimum absolute atomic E-state index is 0.0992. The Bertz CT molecular complexity index is 513. The zero-order valence-electron chi connectivity index (χ0n) is 13.3. The van der Waals surface area contributed by atoms with Crippen molar-refractivity contribution < 1.29 is 27.4 Å². The van der Waals surface area contributed by atoms with Gasteiger partial charge in [-0.15, -0.1) is 0 Å². The first kappa shape index (κ1) is 18.9. The molecule has 0 atom stereocenters. The summed E-state index contributed by atoms with van der Waals surface area (Å²) in [5, 5.41) is 5.45. The molecular formula is C15H21F3N2O3. The number of alkyl halides is 3. The van der Waals surface area contributed by atoms with Crippen molar-refractivity contribution in [2.45, 2.75) is 32.5 Å². The van der Waals surface area contributed by atoms with Gasteiger partial charge in [0.2, 0.25) is 0 Å². The maximum atomic E-state index is 12.2. The van der Waals surface area contributed by atoms with Gasteiger partial charge in [0.15, 0.2) is 6.61 Å². The summed E-state index contributed by atoms with van der Waals surface area (Å²) in [5.74, 6) is 0.0992. The van der Waals surface area contributed by atoms with E-state index in [9.17, 15) is 18.0 Å². The number of hydrogen-bond acceptors (Lipinski definition) is 4. The van der Waals surface area contributed by atoms with Gasteiger partial charge in [-0.05, 0) is 32.9 Å². The highest BCUT2D eigenvalue weighted by molar-refractivity contribution is 5.67. The third-order valence-corrected chi connectivity index (χ3v) is 2.39. The molecule has 23 heavy (non-hydrogen) atoms. The van der Waals surface area contributed by atoms with Gasteiger partial charge in [0.1, 0.15) is 11.4 Å². The molecule has 1 aromatic carbocycles. The van der Waals surface area contributed by atoms with E-state index in [1.54, 1.807) is 39.0 Å². The van der Waals surface area contributed by atoms with Crippen molar-refractivity contribution in [3.05, 3.63) is 24.3 Å². The second kappa shape index (κ2) is 7.94. The fraction of sp³-hybridized carbons (Fsp3) is 0.533. The zero-order chi connectivity index (χ0) is 17.5. The molecule has 1 rings (SSSR count). The summed E-state index contributed by atoms with van der Waals surface area (Å²) in [6.45, 7) is 4.45. The highest BCUT2D eigenvalue weighted by Crippen LogP contribution is 2.25. The Hall–Kier alpha value is -2.12. The van der Waals surface area contributed by atoms with Gasteiger partial charge in [-0.3, -0.25) is 0 Å². The quantitative estimate of drug-likeness (QED) is 0.781. The Kier molecular flexibility index (Phi) is 6.53. The van der Waals surface area contributed by atoms with Gasteiger partial charge in [0.25, 0.3) is 0 Å². The topological polar surface area (TPSA) is 59.6 Å². The minimum atomic E-state index is -4.40. The van der Waals surface area contributed by atoms with E-state index in [2.05, 4.69) is 10.6 Å². The molecule has 2 N–H and O–H groups in total. The van der Waals surface area contributed by atoms with Gasteiger partial charge in [-0.25, -0.2) is 4.79 Å². The number of hydrogen-bond donors (Lipinski definition) is 2. The summed E-state index contributed by atoms with van der Waals surface area (Å²) in [5.41, 5.74) is -0.169. The number of para-hydroxylation sites is 2. The van der Waals surface area contributed by atoms with Crippen LogP contribution in [-0.4, -0.2) is 37.6 Å². The van der Waals surface area contributed by atoms with Crippen molar-refractivity contribution in [3.8, 4) is 5.75 Å². The summed E-state index contributed by atoms with van der Waals surface area (Å²) in [6, 6.07) is 6.29. The molecule has 130 valence electrons. The number of ether oxygens (including phenoxy) is 2. The Morgan fingerprint density at radius 2 is 1.78 bits per heavy atom. The van der Waals surface area contributed by atoms with Gasteiger partial charge < -0.3 is 20.1 Å². The fourth-order valence-electron chi connectivity index (χ4n) is 1.57. The normalized spacial score (nSPS) is 11.7. The molecule has 5 nitrogen and oxygen atoms in total. The van der Waals surface area contributed by atoms with Crippen LogP contribution in [0.15, 0.2) is 24.3 Å². The molecular weight excluding hydrogens is 313 g/mol. The summed E-state index contributed by atoms with van der Waals surface area (Å²) >= 11 is 0. The molecule has 0 aliphatic rings. The van der Waals surface area contributed by atoms with E-state index in [1.165, 1.54) is 6.07 Å². The molecule has 0 saturated carbocycles. The van der Waals surface area contributed by atoms with Crippen LogP contribution in [0.5, 0.6) is 5.75 Å². The second-order valence-electron chi connectivity index (χ2n) is 5.76. The summed E-state index contributed by atoms with van der Waals surface area (Å²) < 4.78 is 46.4. The molecule has 8 heteroatoms. The molecule has 0 heterocycles. The molecule has 0 unspecified atom stereocenters. The maximum absolute atomic E-state index is 12.2. The third-order valence-electron chi connectivity index (χ3n) is 2.39. The molecule has 0 saturated heterocycles. The van der Waals surface area contributed by atoms with Crippen molar-refractivity contribution in [2.24, 2.45) is 0 Å². The highest BCUT2D eigenvalue weighted by atomic mass is 19.4. The van der Waals surface area contributed by atoms with Crippen LogP contribution in [0, 0.1) is 0 Å². The number of rotatable bonds is 6. The number of carbonyl (C=O) groups excluding carboxylic acids is 1. The predicted octanol–water partition coefficient (Wildman–Crippen LogP) is 3.56. The van der Waals surface area contributed by atoms with Crippen molar-refractivity contribution >= 4 is 11.8 Å². The molecule has 0 bridgehead atoms. The zero-order valence-corrected chi connectivity index (χ0v) is 13.3. The Labute approximate surface area is 133 Å². The van der Waals surface area contributed by atoms with Gasteiger partial charge in [0.05, 0.1) is 5.69 Å². The lowest BCUT2D eigenvalue weighted by Crippen LogP contribution is -2.35. The number of carbonyl (C=O) groups is 1. The third kappa shape index (κ3) is 8.80. The highest BCUT2D eigenvalue weighted by Gasteiger charge is 2.28. The van der Waals surface area contributed by atoms with Crippen molar-refractivity contribution in [2.75, 3.05) is 25.0 Å². The lowest BCUT2D eigenvalue weighted by molar-refractivity contribution is -0.153. The van der Waals surface area contributed by atoms with Crippen LogP contribution in [0.4, 0.5) is 23.7 Å². The minimum Gasteiger partial charge on any atom is -0.482 e. The first-order chi connectivity index (χ1) is 10.6. The number of halogens is 3. The van der Waals surface area contributed by atoms with E-state index < -0.39 is 24.5 Å². The Morgan fingerprint density at radius 3 is 2.39 bits per heavy atom. The molecule has 0 fully saturated rings. The number of amides is 1. The lowest BCUT2D eigenvalue weighted by atomic mass is 10.2. The first-order valence-corrected chi connectivity index (χ1v) is 7.06. The Morgan fingerprint density at radius 1 is 1.13 bits per heavy atom. The van der Waals surface area contributed by atoms with Gasteiger partial charge >= 0.3 is 12.3 Å². The van der Waals surface area contributed by atoms with Crippen molar-refractivity contribution in [1.29, 1.82) is 0 Å². The van der Waals surface area contributed by atoms with Crippen molar-refractivity contribution in [3.63, 3.8) is 0 Å². The number of alkyl carbamates (subject to hydrolysis) is 1. The summed E-state index contributed by atoms with van der Waals surface area (Å²) in [6.07, 6.45) is -4.95. The van der Waals surface area contributed by atoms with Crippen LogP contribution >= 0.6 is 0 Å². The summed E-state index contributed by atoms with van der Waals surface area (Å²) in [4.78, 5) is 11.4. The van der Waals surface area contributed by atoms with E-state index >= 15 is 0 Å². The van der Waals surface area contributed by atoms with Crippen LogP contribution in [0.3, 0.4) is 0 Å². The Balaban J connectivity index is 2.42. The van der Waals surface area contributed by atoms with Crippen LogP contribution in [0.1, 0.15) is 20.8 Å². The number of nitrogens with one attached hydrogen (secondary N) is 2. The smallest absolute Gasteiger partial charge is 0.422 e. The first-order valence-electron chi connectivity index (χ1n) is 7.06. The molecule has 0 aromatic heterocycles. The van der Waals surface area contributed by atoms with Crippen LogP contribution in [0.2, 0.25) is 0 Å². The van der Waals surface area contributed by atoms with E-state index in [0.29, 0.717) is 12.2 Å². The molecule has 0 aliphatic heterocycles. The van der Waals surface area contributed by atoms with Crippen LogP contribution < -0.4 is 15.4 Å². The number of benzene rings is 1. The van der Waals surface area contributed by atoms with Crippen LogP contribution in [-0.2, 0) is 4.74 Å². The average molecular weight is 334 g/mol. The largest absolute Gasteiger partial charge is 0.482 e. The molecule has 1 amide bonds. The van der Waals surface area contributed by atoms with Crippen LogP contribution in [0.25, 0.3) is 0 Å². The molecule has 1 aromatic rings. The molecule has 0 aliphatic carbocycles. The molecule has 0 spiro atoms. The standard InChI is InChI=1S/C15H21F3N2O3/c1-14(2,3)23-13(21)20-9-8-19-11-6-4-5-7-12(11)22-10-15(16,17)18/h4-7,19H,8-10H2,1-3H3,(H,20,21).